The number of halogens is 2. The smallest absolute Gasteiger partial charge is 0.281 e. The van der Waals surface area contributed by atoms with Crippen LogP contribution in [0.1, 0.15) is 50.4 Å². The zero-order valence-corrected chi connectivity index (χ0v) is 18.9. The number of rotatable bonds is 5. The lowest BCUT2D eigenvalue weighted by molar-refractivity contribution is -0.133. The highest BCUT2D eigenvalue weighted by atomic mass is 35.5. The van der Waals surface area contributed by atoms with Gasteiger partial charge in [0, 0.05) is 35.5 Å². The van der Waals surface area contributed by atoms with Crippen molar-refractivity contribution in [1.29, 1.82) is 0 Å². The normalized spacial score (nSPS) is 16.9. The molecule has 3 heterocycles. The van der Waals surface area contributed by atoms with Gasteiger partial charge < -0.3 is 9.88 Å². The Morgan fingerprint density at radius 1 is 1.32 bits per heavy atom. The maximum Gasteiger partial charge on any atom is 0.281 e. The first-order valence-electron chi connectivity index (χ1n) is 10.4. The lowest BCUT2D eigenvalue weighted by Crippen LogP contribution is -2.40. The molecule has 1 aromatic carbocycles. The Balaban J connectivity index is 1.63. The Morgan fingerprint density at radius 2 is 2.13 bits per heavy atom. The molecule has 3 aromatic rings. The van der Waals surface area contributed by atoms with Crippen LogP contribution in [0.3, 0.4) is 0 Å². The Hall–Kier alpha value is -2.45. The third-order valence-electron chi connectivity index (χ3n) is 5.47. The number of aromatic amines is 1. The molecule has 1 amide bonds. The van der Waals surface area contributed by atoms with Crippen molar-refractivity contribution in [1.82, 2.24) is 29.9 Å². The standard InChI is InChI=1S/C21H24Cl2N6O2/c1-12(2)8-17(30)28-7-3-4-14(10-28)19-24-20-18(21(31)25-19)26-27-29(20)11-13-5-6-15(22)9-16(13)23/h5-6,9,12,14H,3-4,7-8,10-11H2,1-2H3,(H,24,25,31)/t14-/m0/s1. The van der Waals surface area contributed by atoms with Crippen molar-refractivity contribution in [2.75, 3.05) is 13.1 Å². The molecule has 1 saturated heterocycles. The molecule has 10 heteroatoms. The highest BCUT2D eigenvalue weighted by molar-refractivity contribution is 6.35. The summed E-state index contributed by atoms with van der Waals surface area (Å²) in [6.45, 7) is 5.67. The van der Waals surface area contributed by atoms with E-state index in [0.29, 0.717) is 46.9 Å². The summed E-state index contributed by atoms with van der Waals surface area (Å²) < 4.78 is 1.56. The number of likely N-dealkylation sites (tertiary alicyclic amines) is 1. The summed E-state index contributed by atoms with van der Waals surface area (Å²) in [6.07, 6.45) is 2.24. The van der Waals surface area contributed by atoms with Crippen LogP contribution in [0.4, 0.5) is 0 Å². The number of nitrogens with zero attached hydrogens (tertiary/aromatic N) is 5. The molecule has 0 aliphatic carbocycles. The molecule has 1 aliphatic rings. The summed E-state index contributed by atoms with van der Waals surface area (Å²) in [4.78, 5) is 34.6. The average Bonchev–Trinajstić information content (AvgIpc) is 3.13. The SMILES string of the molecule is CC(C)CC(=O)N1CCC[C@H](c2nc3c(nnn3Cc3ccc(Cl)cc3Cl)c(=O)[nH]2)C1. The van der Waals surface area contributed by atoms with Crippen LogP contribution in [0, 0.1) is 5.92 Å². The number of fused-ring (bicyclic) bond motifs is 1. The largest absolute Gasteiger partial charge is 0.342 e. The number of piperidine rings is 1. The number of aromatic nitrogens is 5. The van der Waals surface area contributed by atoms with Crippen molar-refractivity contribution in [3.05, 3.63) is 50.0 Å². The van der Waals surface area contributed by atoms with Crippen molar-refractivity contribution < 1.29 is 4.79 Å². The van der Waals surface area contributed by atoms with Gasteiger partial charge in [0.1, 0.15) is 5.82 Å². The van der Waals surface area contributed by atoms with Crippen LogP contribution >= 0.6 is 23.2 Å². The van der Waals surface area contributed by atoms with E-state index in [1.54, 1.807) is 16.8 Å². The first kappa shape index (κ1) is 21.8. The molecule has 4 rings (SSSR count). The predicted molar refractivity (Wildman–Crippen MR) is 120 cm³/mol. The first-order chi connectivity index (χ1) is 14.8. The van der Waals surface area contributed by atoms with Gasteiger partial charge in [0.05, 0.1) is 6.54 Å². The minimum absolute atomic E-state index is 0.0376. The fraction of sp³-hybridized carbons (Fsp3) is 0.476. The van der Waals surface area contributed by atoms with Gasteiger partial charge in [0.2, 0.25) is 5.91 Å². The second kappa shape index (κ2) is 8.96. The molecule has 31 heavy (non-hydrogen) atoms. The molecule has 0 unspecified atom stereocenters. The summed E-state index contributed by atoms with van der Waals surface area (Å²) in [5.41, 5.74) is 1.04. The van der Waals surface area contributed by atoms with Gasteiger partial charge in [0.15, 0.2) is 11.2 Å². The van der Waals surface area contributed by atoms with E-state index in [-0.39, 0.29) is 22.9 Å². The van der Waals surface area contributed by atoms with E-state index in [0.717, 1.165) is 24.9 Å². The van der Waals surface area contributed by atoms with Gasteiger partial charge >= 0.3 is 0 Å². The van der Waals surface area contributed by atoms with Crippen LogP contribution in [0.2, 0.25) is 10.0 Å². The van der Waals surface area contributed by atoms with Crippen molar-refractivity contribution in [2.24, 2.45) is 5.92 Å². The van der Waals surface area contributed by atoms with Gasteiger partial charge in [0.25, 0.3) is 5.56 Å². The Morgan fingerprint density at radius 3 is 2.87 bits per heavy atom. The third kappa shape index (κ3) is 4.75. The molecule has 164 valence electrons. The van der Waals surface area contributed by atoms with Crippen molar-refractivity contribution in [3.8, 4) is 0 Å². The lowest BCUT2D eigenvalue weighted by Gasteiger charge is -2.32. The van der Waals surface area contributed by atoms with E-state index in [1.807, 2.05) is 24.8 Å². The van der Waals surface area contributed by atoms with Crippen LogP contribution in [0.25, 0.3) is 11.2 Å². The van der Waals surface area contributed by atoms with Crippen molar-refractivity contribution >= 4 is 40.3 Å². The number of carbonyl (C=O) groups excluding carboxylic acids is 1. The summed E-state index contributed by atoms with van der Waals surface area (Å²) >= 11 is 12.3. The summed E-state index contributed by atoms with van der Waals surface area (Å²) in [6, 6.07) is 5.22. The highest BCUT2D eigenvalue weighted by Crippen LogP contribution is 2.26. The molecule has 0 bridgehead atoms. The quantitative estimate of drug-likeness (QED) is 0.624. The van der Waals surface area contributed by atoms with E-state index in [4.69, 9.17) is 28.2 Å². The second-order valence-electron chi connectivity index (χ2n) is 8.38. The number of benzene rings is 1. The molecule has 0 saturated carbocycles. The number of amides is 1. The molecule has 0 spiro atoms. The molecular weight excluding hydrogens is 439 g/mol. The molecule has 1 aliphatic heterocycles. The van der Waals surface area contributed by atoms with Gasteiger partial charge in [-0.3, -0.25) is 9.59 Å². The van der Waals surface area contributed by atoms with Gasteiger partial charge in [-0.05, 0) is 36.5 Å². The Bertz CT molecular complexity index is 1170. The van der Waals surface area contributed by atoms with Gasteiger partial charge in [-0.25, -0.2) is 9.67 Å². The summed E-state index contributed by atoms with van der Waals surface area (Å²) in [5, 5.41) is 9.15. The Kier molecular flexibility index (Phi) is 6.29. The topological polar surface area (TPSA) is 96.8 Å². The zero-order valence-electron chi connectivity index (χ0n) is 17.4. The number of nitrogens with one attached hydrogen (secondary N) is 1. The number of hydrogen-bond donors (Lipinski definition) is 1. The number of carbonyl (C=O) groups is 1. The van der Waals surface area contributed by atoms with Crippen molar-refractivity contribution in [2.45, 2.75) is 45.6 Å². The second-order valence-corrected chi connectivity index (χ2v) is 9.23. The molecule has 1 atom stereocenters. The highest BCUT2D eigenvalue weighted by Gasteiger charge is 2.27. The number of H-pyrrole nitrogens is 1. The summed E-state index contributed by atoms with van der Waals surface area (Å²) in [5.74, 6) is 0.976. The minimum Gasteiger partial charge on any atom is -0.342 e. The minimum atomic E-state index is -0.334. The predicted octanol–water partition coefficient (Wildman–Crippen LogP) is 3.62. The van der Waals surface area contributed by atoms with Gasteiger partial charge in [-0.1, -0.05) is 48.3 Å². The van der Waals surface area contributed by atoms with E-state index in [2.05, 4.69) is 15.3 Å². The zero-order chi connectivity index (χ0) is 22.1. The third-order valence-corrected chi connectivity index (χ3v) is 6.06. The lowest BCUT2D eigenvalue weighted by atomic mass is 9.96. The molecular formula is C21H24Cl2N6O2. The maximum absolute atomic E-state index is 12.6. The van der Waals surface area contributed by atoms with Crippen LogP contribution in [-0.4, -0.2) is 48.9 Å². The number of hydrogen-bond acceptors (Lipinski definition) is 5. The van der Waals surface area contributed by atoms with E-state index < -0.39 is 0 Å². The molecule has 0 radical (unpaired) electrons. The fourth-order valence-electron chi connectivity index (χ4n) is 3.90. The van der Waals surface area contributed by atoms with E-state index in [9.17, 15) is 9.59 Å². The van der Waals surface area contributed by atoms with Gasteiger partial charge in [-0.2, -0.15) is 0 Å². The average molecular weight is 463 g/mol. The van der Waals surface area contributed by atoms with E-state index >= 15 is 0 Å². The molecule has 1 N–H and O–H groups in total. The van der Waals surface area contributed by atoms with Crippen LogP contribution < -0.4 is 5.56 Å². The van der Waals surface area contributed by atoms with Crippen LogP contribution in [0.15, 0.2) is 23.0 Å². The first-order valence-corrected chi connectivity index (χ1v) is 11.1. The van der Waals surface area contributed by atoms with Crippen LogP contribution in [-0.2, 0) is 11.3 Å². The monoisotopic (exact) mass is 462 g/mol. The molecule has 8 nitrogen and oxygen atoms in total. The van der Waals surface area contributed by atoms with Crippen molar-refractivity contribution in [3.63, 3.8) is 0 Å². The molecule has 1 fully saturated rings. The van der Waals surface area contributed by atoms with Crippen LogP contribution in [0.5, 0.6) is 0 Å². The fourth-order valence-corrected chi connectivity index (χ4v) is 4.37. The summed E-state index contributed by atoms with van der Waals surface area (Å²) in [7, 11) is 0. The van der Waals surface area contributed by atoms with Gasteiger partial charge in [-0.15, -0.1) is 5.10 Å². The molecule has 2 aromatic heterocycles. The maximum atomic E-state index is 12.6. The van der Waals surface area contributed by atoms with E-state index in [1.165, 1.54) is 0 Å². The Labute approximate surface area is 189 Å².